The highest BCUT2D eigenvalue weighted by atomic mass is 16.5. The normalized spacial score (nSPS) is 18.2. The Hall–Kier alpha value is -6.07. The zero-order valence-corrected chi connectivity index (χ0v) is 30.3. The predicted molar refractivity (Wildman–Crippen MR) is 207 cm³/mol. The number of aromatic nitrogens is 1. The fourth-order valence-electron chi connectivity index (χ4n) is 6.99. The van der Waals surface area contributed by atoms with Crippen LogP contribution in [0.1, 0.15) is 66.6 Å². The third-order valence-electron chi connectivity index (χ3n) is 10.3. The molecule has 3 heterocycles. The van der Waals surface area contributed by atoms with Crippen LogP contribution in [0.15, 0.2) is 116 Å². The van der Waals surface area contributed by atoms with Gasteiger partial charge in [-0.25, -0.2) is 9.99 Å². The molecule has 4 aromatic rings. The Balaban J connectivity index is 0.905. The van der Waals surface area contributed by atoms with Gasteiger partial charge < -0.3 is 30.3 Å². The van der Waals surface area contributed by atoms with E-state index in [2.05, 4.69) is 90.0 Å². The van der Waals surface area contributed by atoms with Crippen LogP contribution in [0.5, 0.6) is 17.2 Å². The van der Waals surface area contributed by atoms with E-state index >= 15 is 0 Å². The van der Waals surface area contributed by atoms with E-state index < -0.39 is 0 Å². The second-order valence-electron chi connectivity index (χ2n) is 14.0. The molecule has 1 atom stereocenters. The Morgan fingerprint density at radius 1 is 1.00 bits per heavy atom. The molecule has 11 nitrogen and oxygen atoms in total. The summed E-state index contributed by atoms with van der Waals surface area (Å²) in [5.41, 5.74) is 11.6. The molecule has 1 aromatic heterocycles. The van der Waals surface area contributed by atoms with Gasteiger partial charge in [0.2, 0.25) is 0 Å². The predicted octanol–water partition coefficient (Wildman–Crippen LogP) is 7.03. The van der Waals surface area contributed by atoms with Crippen LogP contribution in [0.4, 0.5) is 11.5 Å². The zero-order valence-electron chi connectivity index (χ0n) is 30.3. The van der Waals surface area contributed by atoms with Crippen molar-refractivity contribution in [3.8, 4) is 17.2 Å². The number of benzene rings is 3. The second kappa shape index (κ2) is 14.9. The summed E-state index contributed by atoms with van der Waals surface area (Å²) in [6.45, 7) is 12.7. The molecule has 1 aliphatic carbocycles. The van der Waals surface area contributed by atoms with Crippen molar-refractivity contribution >= 4 is 29.4 Å². The molecule has 2 aliphatic heterocycles. The molecule has 1 amide bonds. The van der Waals surface area contributed by atoms with Crippen molar-refractivity contribution in [3.63, 3.8) is 0 Å². The minimum Gasteiger partial charge on any atom is -0.490 e. The number of likely N-dealkylation sites (N-methyl/N-ethyl adjacent to an activating group) is 1. The molecule has 7 rings (SSSR count). The molecule has 3 aliphatic rings. The van der Waals surface area contributed by atoms with Gasteiger partial charge in [0, 0.05) is 78.4 Å². The number of carbonyl (C=O) groups excluding carboxylic acids is 2. The summed E-state index contributed by atoms with van der Waals surface area (Å²) in [4.78, 5) is 30.6. The topological polar surface area (TPSA) is 120 Å². The number of aldehydes is 1. The van der Waals surface area contributed by atoms with E-state index in [1.54, 1.807) is 29.4 Å². The number of hydrogen-bond donors (Lipinski definition) is 4. The first kappa shape index (κ1) is 35.3. The molecule has 0 spiro atoms. The molecule has 0 bridgehead atoms. The van der Waals surface area contributed by atoms with Gasteiger partial charge in [0.1, 0.15) is 35.5 Å². The number of hydrazine groups is 2. The average molecular weight is 712 g/mol. The third kappa shape index (κ3) is 7.33. The highest BCUT2D eigenvalue weighted by molar-refractivity contribution is 6.09. The van der Waals surface area contributed by atoms with Gasteiger partial charge in [-0.3, -0.25) is 9.69 Å². The van der Waals surface area contributed by atoms with Crippen molar-refractivity contribution in [2.24, 2.45) is 0 Å². The van der Waals surface area contributed by atoms with Gasteiger partial charge in [0.05, 0.1) is 12.2 Å². The van der Waals surface area contributed by atoms with E-state index in [0.29, 0.717) is 35.5 Å². The summed E-state index contributed by atoms with van der Waals surface area (Å²) in [6, 6.07) is 26.0. The molecule has 11 heteroatoms. The largest absolute Gasteiger partial charge is 0.490 e. The molecule has 1 unspecified atom stereocenters. The molecule has 3 aromatic carbocycles. The van der Waals surface area contributed by atoms with Gasteiger partial charge in [0.15, 0.2) is 0 Å². The number of anilines is 2. The Kier molecular flexibility index (Phi) is 9.92. The van der Waals surface area contributed by atoms with Crippen LogP contribution < -0.4 is 36.1 Å². The van der Waals surface area contributed by atoms with E-state index in [0.717, 1.165) is 47.7 Å². The van der Waals surface area contributed by atoms with Crippen LogP contribution in [-0.4, -0.2) is 47.3 Å². The first-order valence-corrected chi connectivity index (χ1v) is 17.9. The number of rotatable bonds is 15. The molecule has 1 saturated carbocycles. The number of pyridine rings is 1. The number of fused-ring (bicyclic) bond motifs is 1. The lowest BCUT2D eigenvalue weighted by Crippen LogP contribution is -2.42. The summed E-state index contributed by atoms with van der Waals surface area (Å²) in [7, 11) is 1.77. The number of nitrogens with zero attached hydrogens (tertiary/aromatic N) is 3. The average Bonchev–Trinajstić information content (AvgIpc) is 3.78. The minimum atomic E-state index is -0.354. The fraction of sp³-hybridized carbons (Fsp3) is 0.262. The van der Waals surface area contributed by atoms with E-state index in [4.69, 9.17) is 9.47 Å². The molecular formula is C42H45N7O4. The Bertz CT molecular complexity index is 2020. The van der Waals surface area contributed by atoms with Gasteiger partial charge in [-0.05, 0) is 72.1 Å². The van der Waals surface area contributed by atoms with E-state index in [9.17, 15) is 9.59 Å². The lowest BCUT2D eigenvalue weighted by Gasteiger charge is -2.36. The monoisotopic (exact) mass is 711 g/mol. The molecule has 1 fully saturated rings. The first-order chi connectivity index (χ1) is 25.6. The van der Waals surface area contributed by atoms with Crippen LogP contribution >= 0.6 is 0 Å². The van der Waals surface area contributed by atoms with Crippen molar-refractivity contribution in [1.82, 2.24) is 26.2 Å². The molecule has 53 heavy (non-hydrogen) atoms. The highest BCUT2D eigenvalue weighted by Crippen LogP contribution is 2.39. The Morgan fingerprint density at radius 3 is 2.32 bits per heavy atom. The molecule has 0 radical (unpaired) electrons. The smallest absolute Gasteiger partial charge is 0.259 e. The van der Waals surface area contributed by atoms with Gasteiger partial charge in [-0.1, -0.05) is 51.3 Å². The molecule has 4 N–H and O–H groups in total. The van der Waals surface area contributed by atoms with Crippen LogP contribution in [0, 0.1) is 0 Å². The summed E-state index contributed by atoms with van der Waals surface area (Å²) in [6.07, 6.45) is 8.85. The number of hydrogen-bond acceptors (Lipinski definition) is 10. The maximum Gasteiger partial charge on any atom is 0.259 e. The lowest BCUT2D eigenvalue weighted by molar-refractivity contribution is -0.108. The van der Waals surface area contributed by atoms with Gasteiger partial charge >= 0.3 is 0 Å². The molecule has 0 saturated heterocycles. The zero-order chi connectivity index (χ0) is 37.1. The SMILES string of the molecule is C=C(NC)C(CCC=O)N1C(=C)c2cc(NC3CC(Oc4ccc(C(C)(C)c5ccc(Oc6ccc(N7C=CNN7)nc6)cc5)cc4)C3)ccc2C1=O. The number of amides is 1. The maximum atomic E-state index is 13.4. The number of nitrogens with one attached hydrogen (secondary N) is 4. The van der Waals surface area contributed by atoms with Crippen LogP contribution in [0.25, 0.3) is 5.70 Å². The van der Waals surface area contributed by atoms with Gasteiger partial charge in [-0.2, -0.15) is 0 Å². The second-order valence-corrected chi connectivity index (χ2v) is 14.0. The van der Waals surface area contributed by atoms with Crippen LogP contribution in [-0.2, 0) is 10.2 Å². The number of ether oxygens (including phenoxy) is 2. The standard InChI is InChI=1S/C42H45N7O4/c1-27(43-5)39(7-6-22-50)49-28(2)38-25-31(12-18-37(38)41(49)51)46-32-23-36(24-32)53-34-15-10-30(11-16-34)42(3,4)29-8-13-33(14-9-29)52-35-17-19-40(44-26-35)48-21-20-45-47-48/h8-22,25-26,32,36,39,43,45-47H,1-2,6-7,23-24H2,3-5H3. The van der Waals surface area contributed by atoms with Crippen molar-refractivity contribution in [1.29, 1.82) is 0 Å². The Morgan fingerprint density at radius 2 is 1.70 bits per heavy atom. The lowest BCUT2D eigenvalue weighted by atomic mass is 9.78. The van der Waals surface area contributed by atoms with Crippen molar-refractivity contribution < 1.29 is 19.1 Å². The third-order valence-corrected chi connectivity index (χ3v) is 10.3. The highest BCUT2D eigenvalue weighted by Gasteiger charge is 2.38. The maximum absolute atomic E-state index is 13.4. The van der Waals surface area contributed by atoms with Crippen LogP contribution in [0.2, 0.25) is 0 Å². The van der Waals surface area contributed by atoms with E-state index in [-0.39, 0.29) is 29.5 Å². The first-order valence-electron chi connectivity index (χ1n) is 17.9. The van der Waals surface area contributed by atoms with Gasteiger partial charge in [-0.15, -0.1) is 5.53 Å². The number of carbonyl (C=O) groups is 2. The molecule has 272 valence electrons. The Labute approximate surface area is 310 Å². The van der Waals surface area contributed by atoms with Crippen molar-refractivity contribution in [2.45, 2.75) is 63.1 Å². The van der Waals surface area contributed by atoms with E-state index in [1.807, 2.05) is 48.7 Å². The quantitative estimate of drug-likeness (QED) is 0.0958. The summed E-state index contributed by atoms with van der Waals surface area (Å²) in [5.74, 6) is 2.88. The fourth-order valence-corrected chi connectivity index (χ4v) is 6.99. The van der Waals surface area contributed by atoms with Crippen molar-refractivity contribution in [3.05, 3.63) is 139 Å². The molecular weight excluding hydrogens is 667 g/mol. The summed E-state index contributed by atoms with van der Waals surface area (Å²) >= 11 is 0. The van der Waals surface area contributed by atoms with Crippen LogP contribution in [0.3, 0.4) is 0 Å². The summed E-state index contributed by atoms with van der Waals surface area (Å²) < 4.78 is 12.4. The van der Waals surface area contributed by atoms with Gasteiger partial charge in [0.25, 0.3) is 5.91 Å². The summed E-state index contributed by atoms with van der Waals surface area (Å²) in [5, 5.41) is 8.42. The van der Waals surface area contributed by atoms with Crippen molar-refractivity contribution in [2.75, 3.05) is 17.4 Å². The van der Waals surface area contributed by atoms with E-state index in [1.165, 1.54) is 11.1 Å². The minimum absolute atomic E-state index is 0.114.